The van der Waals surface area contributed by atoms with Crippen molar-refractivity contribution in [3.63, 3.8) is 0 Å². The largest absolute Gasteiger partial charge is 0.460 e. The van der Waals surface area contributed by atoms with Crippen molar-refractivity contribution >= 4 is 0 Å². The Labute approximate surface area is 105 Å². The van der Waals surface area contributed by atoms with Gasteiger partial charge in [0.1, 0.15) is 18.0 Å². The molecule has 0 amide bonds. The number of ether oxygens (including phenoxy) is 2. The molecule has 3 atom stereocenters. The van der Waals surface area contributed by atoms with Crippen LogP contribution in [-0.4, -0.2) is 5.11 Å². The minimum Gasteiger partial charge on any atom is -0.460 e. The molecule has 0 saturated carbocycles. The highest BCUT2D eigenvalue weighted by molar-refractivity contribution is 5.43. The van der Waals surface area contributed by atoms with Gasteiger partial charge in [-0.05, 0) is 11.6 Å². The first-order valence-electron chi connectivity index (χ1n) is 6.02. The molecule has 0 unspecified atom stereocenters. The van der Waals surface area contributed by atoms with Gasteiger partial charge in [-0.1, -0.05) is 42.5 Å². The maximum Gasteiger partial charge on any atom is 0.227 e. The molecule has 1 N–H and O–H groups in total. The average Bonchev–Trinajstić information content (AvgIpc) is 2.44. The van der Waals surface area contributed by atoms with Crippen molar-refractivity contribution in [2.75, 3.05) is 0 Å². The highest BCUT2D eigenvalue weighted by atomic mass is 16.7. The Hall–Kier alpha value is -1.84. The van der Waals surface area contributed by atoms with E-state index in [4.69, 9.17) is 9.47 Å². The molecule has 2 aromatic carbocycles. The number of fused-ring (bicyclic) bond motifs is 6. The maximum atomic E-state index is 10.4. The average molecular weight is 240 g/mol. The monoisotopic (exact) mass is 240 g/mol. The van der Waals surface area contributed by atoms with E-state index in [0.717, 1.165) is 22.4 Å². The summed E-state index contributed by atoms with van der Waals surface area (Å²) in [6.45, 7) is 0. The lowest BCUT2D eigenvalue weighted by Crippen LogP contribution is -2.31. The lowest BCUT2D eigenvalue weighted by atomic mass is 9.90. The molecular weight excluding hydrogens is 228 g/mol. The summed E-state index contributed by atoms with van der Waals surface area (Å²) < 4.78 is 11.7. The van der Waals surface area contributed by atoms with Gasteiger partial charge in [-0.15, -0.1) is 0 Å². The van der Waals surface area contributed by atoms with E-state index in [1.54, 1.807) is 0 Å². The Bertz CT molecular complexity index is 587. The van der Waals surface area contributed by atoms with Crippen LogP contribution in [-0.2, 0) is 4.74 Å². The summed E-state index contributed by atoms with van der Waals surface area (Å²) in [6.07, 6.45) is -1.39. The zero-order valence-electron chi connectivity index (χ0n) is 9.61. The minimum atomic E-state index is -0.637. The second-order valence-electron chi connectivity index (χ2n) is 4.62. The SMILES string of the molecule is O[C@@H]1c2ccccc2[C@H]2Oc3ccccc3[C@H]1O2. The zero-order chi connectivity index (χ0) is 12.1. The molecule has 0 aromatic heterocycles. The van der Waals surface area contributed by atoms with Gasteiger partial charge < -0.3 is 14.6 Å². The standard InChI is InChI=1S/C15H12O3/c16-13-9-5-1-2-6-10(9)15-17-12-8-4-3-7-11(12)14(13)18-15/h1-8,13-16H/t13-,14-,15+/m1/s1. The fourth-order valence-corrected chi connectivity index (χ4v) is 2.71. The van der Waals surface area contributed by atoms with Crippen LogP contribution < -0.4 is 4.74 Å². The zero-order valence-corrected chi connectivity index (χ0v) is 9.61. The lowest BCUT2D eigenvalue weighted by Gasteiger charge is -2.40. The number of rotatable bonds is 0. The Morgan fingerprint density at radius 1 is 0.833 bits per heavy atom. The highest BCUT2D eigenvalue weighted by Gasteiger charge is 2.41. The predicted molar refractivity (Wildman–Crippen MR) is 65.0 cm³/mol. The Balaban J connectivity index is 1.91. The lowest BCUT2D eigenvalue weighted by molar-refractivity contribution is -0.191. The molecule has 0 aliphatic carbocycles. The smallest absolute Gasteiger partial charge is 0.227 e. The van der Waals surface area contributed by atoms with Crippen molar-refractivity contribution in [1.82, 2.24) is 0 Å². The first-order chi connectivity index (χ1) is 8.84. The van der Waals surface area contributed by atoms with Crippen molar-refractivity contribution in [3.05, 3.63) is 65.2 Å². The molecule has 0 fully saturated rings. The van der Waals surface area contributed by atoms with Gasteiger partial charge in [-0.25, -0.2) is 0 Å². The third-order valence-corrected chi connectivity index (χ3v) is 3.59. The van der Waals surface area contributed by atoms with Crippen molar-refractivity contribution in [2.45, 2.75) is 18.5 Å². The van der Waals surface area contributed by atoms with Gasteiger partial charge in [0.05, 0.1) is 0 Å². The van der Waals surface area contributed by atoms with Crippen LogP contribution in [0, 0.1) is 0 Å². The molecule has 4 rings (SSSR count). The summed E-state index contributed by atoms with van der Waals surface area (Å²) in [5.74, 6) is 0.798. The van der Waals surface area contributed by atoms with Crippen LogP contribution in [0.5, 0.6) is 5.75 Å². The molecule has 3 nitrogen and oxygen atoms in total. The van der Waals surface area contributed by atoms with E-state index in [2.05, 4.69) is 0 Å². The Kier molecular flexibility index (Phi) is 2.01. The van der Waals surface area contributed by atoms with Gasteiger partial charge in [0.2, 0.25) is 6.29 Å². The molecule has 3 heteroatoms. The van der Waals surface area contributed by atoms with Crippen LogP contribution in [0.2, 0.25) is 0 Å². The number of benzene rings is 2. The molecular formula is C15H12O3. The van der Waals surface area contributed by atoms with Crippen LogP contribution in [0.4, 0.5) is 0 Å². The number of aliphatic hydroxyl groups excluding tert-OH is 1. The van der Waals surface area contributed by atoms with Gasteiger partial charge in [-0.2, -0.15) is 0 Å². The molecule has 90 valence electrons. The van der Waals surface area contributed by atoms with Gasteiger partial charge in [0.15, 0.2) is 0 Å². The quantitative estimate of drug-likeness (QED) is 0.769. The minimum absolute atomic E-state index is 0.338. The van der Waals surface area contributed by atoms with E-state index in [-0.39, 0.29) is 6.10 Å². The molecule has 0 radical (unpaired) electrons. The van der Waals surface area contributed by atoms with E-state index in [1.807, 2.05) is 48.5 Å². The van der Waals surface area contributed by atoms with Crippen LogP contribution in [0.1, 0.15) is 35.2 Å². The van der Waals surface area contributed by atoms with Crippen molar-refractivity contribution in [2.24, 2.45) is 0 Å². The number of para-hydroxylation sites is 1. The van der Waals surface area contributed by atoms with E-state index in [1.165, 1.54) is 0 Å². The van der Waals surface area contributed by atoms with Crippen molar-refractivity contribution < 1.29 is 14.6 Å². The van der Waals surface area contributed by atoms with Gasteiger partial charge in [0.25, 0.3) is 0 Å². The summed E-state index contributed by atoms with van der Waals surface area (Å²) in [5.41, 5.74) is 2.72. The summed E-state index contributed by atoms with van der Waals surface area (Å²) in [6, 6.07) is 15.4. The van der Waals surface area contributed by atoms with E-state index in [9.17, 15) is 5.11 Å². The van der Waals surface area contributed by atoms with Crippen molar-refractivity contribution in [1.29, 1.82) is 0 Å². The first kappa shape index (κ1) is 10.1. The van der Waals surface area contributed by atoms with E-state index >= 15 is 0 Å². The molecule has 2 heterocycles. The second kappa shape index (κ2) is 3.57. The van der Waals surface area contributed by atoms with Crippen LogP contribution in [0.15, 0.2) is 48.5 Å². The van der Waals surface area contributed by atoms with Crippen molar-refractivity contribution in [3.8, 4) is 5.75 Å². The molecule has 2 aliphatic rings. The number of hydrogen-bond acceptors (Lipinski definition) is 3. The number of aliphatic hydroxyl groups is 1. The summed E-state index contributed by atoms with van der Waals surface area (Å²) in [7, 11) is 0. The Morgan fingerprint density at radius 3 is 2.33 bits per heavy atom. The molecule has 2 aromatic rings. The molecule has 0 saturated heterocycles. The highest BCUT2D eigenvalue weighted by Crippen LogP contribution is 2.50. The third kappa shape index (κ3) is 1.26. The fraction of sp³-hybridized carbons (Fsp3) is 0.200. The summed E-state index contributed by atoms with van der Waals surface area (Å²) in [4.78, 5) is 0. The van der Waals surface area contributed by atoms with Crippen LogP contribution in [0.3, 0.4) is 0 Å². The Morgan fingerprint density at radius 2 is 1.50 bits per heavy atom. The molecule has 0 spiro atoms. The normalized spacial score (nSPS) is 27.9. The maximum absolute atomic E-state index is 10.4. The van der Waals surface area contributed by atoms with Gasteiger partial charge >= 0.3 is 0 Å². The predicted octanol–water partition coefficient (Wildman–Crippen LogP) is 2.88. The first-order valence-corrected chi connectivity index (χ1v) is 6.02. The number of hydrogen-bond donors (Lipinski definition) is 1. The van der Waals surface area contributed by atoms with Gasteiger partial charge in [0, 0.05) is 11.1 Å². The van der Waals surface area contributed by atoms with E-state index < -0.39 is 12.4 Å². The summed E-state index contributed by atoms with van der Waals surface area (Å²) in [5, 5.41) is 10.4. The third-order valence-electron chi connectivity index (χ3n) is 3.59. The molecule has 2 bridgehead atoms. The fourth-order valence-electron chi connectivity index (χ4n) is 2.71. The molecule has 2 aliphatic heterocycles. The second-order valence-corrected chi connectivity index (χ2v) is 4.62. The van der Waals surface area contributed by atoms with Gasteiger partial charge in [-0.3, -0.25) is 0 Å². The summed E-state index contributed by atoms with van der Waals surface area (Å²) >= 11 is 0. The van der Waals surface area contributed by atoms with Crippen LogP contribution >= 0.6 is 0 Å². The molecule has 18 heavy (non-hydrogen) atoms. The van der Waals surface area contributed by atoms with E-state index in [0.29, 0.717) is 0 Å². The topological polar surface area (TPSA) is 38.7 Å². The van der Waals surface area contributed by atoms with Crippen LogP contribution in [0.25, 0.3) is 0 Å².